The fourth-order valence-electron chi connectivity index (χ4n) is 1.32. The molecule has 0 atom stereocenters. The minimum atomic E-state index is 0.174. The number of carbonyl (C=O) groups is 1. The van der Waals surface area contributed by atoms with E-state index in [9.17, 15) is 4.79 Å². The monoisotopic (exact) mass is 272 g/mol. The molecular weight excluding hydrogens is 260 g/mol. The van der Waals surface area contributed by atoms with Crippen molar-refractivity contribution in [2.24, 2.45) is 0 Å². The molecular formula is C11H13BrO3. The number of carbonyl (C=O) groups excluding carboxylic acids is 1. The zero-order valence-electron chi connectivity index (χ0n) is 8.75. The van der Waals surface area contributed by atoms with Gasteiger partial charge in [-0.05, 0) is 34.5 Å². The second kappa shape index (κ2) is 5.88. The first-order valence-electron chi connectivity index (χ1n) is 4.53. The summed E-state index contributed by atoms with van der Waals surface area (Å²) >= 11 is 3.40. The lowest BCUT2D eigenvalue weighted by Gasteiger charge is -2.12. The highest BCUT2D eigenvalue weighted by Gasteiger charge is 2.09. The van der Waals surface area contributed by atoms with E-state index in [2.05, 4.69) is 15.9 Å². The average Bonchev–Trinajstić information content (AvgIpc) is 2.17. The maximum absolute atomic E-state index is 10.5. The molecule has 0 saturated heterocycles. The zero-order valence-corrected chi connectivity index (χ0v) is 10.3. The van der Waals surface area contributed by atoms with Gasteiger partial charge < -0.3 is 14.3 Å². The van der Waals surface area contributed by atoms with Crippen LogP contribution in [0.1, 0.15) is 11.1 Å². The van der Waals surface area contributed by atoms with Crippen LogP contribution in [-0.2, 0) is 16.0 Å². The molecule has 1 aromatic carbocycles. The van der Waals surface area contributed by atoms with Gasteiger partial charge in [0.25, 0.3) is 0 Å². The lowest BCUT2D eigenvalue weighted by molar-refractivity contribution is -0.107. The summed E-state index contributed by atoms with van der Waals surface area (Å²) in [4.78, 5) is 10.5. The highest BCUT2D eigenvalue weighted by atomic mass is 79.9. The van der Waals surface area contributed by atoms with E-state index in [1.54, 1.807) is 7.11 Å². The lowest BCUT2D eigenvalue weighted by Crippen LogP contribution is -2.03. The molecule has 82 valence electrons. The number of halogens is 1. The normalized spacial score (nSPS) is 10.1. The number of aldehydes is 1. The van der Waals surface area contributed by atoms with Crippen molar-refractivity contribution in [3.05, 3.63) is 27.7 Å². The molecule has 0 heterocycles. The second-order valence-corrected chi connectivity index (χ2v) is 4.01. The van der Waals surface area contributed by atoms with Crippen molar-refractivity contribution in [2.75, 3.05) is 13.9 Å². The number of hydrogen-bond acceptors (Lipinski definition) is 3. The Hall–Kier alpha value is -0.870. The highest BCUT2D eigenvalue weighted by Crippen LogP contribution is 2.30. The smallest absolute Gasteiger partial charge is 0.188 e. The largest absolute Gasteiger partial charge is 0.466 e. The molecule has 0 amide bonds. The maximum atomic E-state index is 10.5. The number of hydrogen-bond donors (Lipinski definition) is 0. The van der Waals surface area contributed by atoms with Crippen molar-refractivity contribution in [3.8, 4) is 5.75 Å². The van der Waals surface area contributed by atoms with Gasteiger partial charge in [0.15, 0.2) is 6.79 Å². The minimum absolute atomic E-state index is 0.174. The molecule has 0 fully saturated rings. The molecule has 0 radical (unpaired) electrons. The van der Waals surface area contributed by atoms with Crippen LogP contribution in [0.2, 0.25) is 0 Å². The van der Waals surface area contributed by atoms with E-state index in [0.717, 1.165) is 21.9 Å². The van der Waals surface area contributed by atoms with Crippen LogP contribution < -0.4 is 4.74 Å². The van der Waals surface area contributed by atoms with Gasteiger partial charge in [0.05, 0.1) is 4.47 Å². The third-order valence-corrected chi connectivity index (χ3v) is 2.48. The second-order valence-electron chi connectivity index (χ2n) is 3.16. The van der Waals surface area contributed by atoms with E-state index < -0.39 is 0 Å². The summed E-state index contributed by atoms with van der Waals surface area (Å²) in [7, 11) is 1.56. The van der Waals surface area contributed by atoms with Gasteiger partial charge in [-0.1, -0.05) is 6.07 Å². The maximum Gasteiger partial charge on any atom is 0.188 e. The van der Waals surface area contributed by atoms with Crippen LogP contribution in [0.25, 0.3) is 0 Å². The summed E-state index contributed by atoms with van der Waals surface area (Å²) in [6.07, 6.45) is 1.21. The molecule has 4 heteroatoms. The van der Waals surface area contributed by atoms with Gasteiger partial charge in [-0.25, -0.2) is 0 Å². The number of aryl methyl sites for hydroxylation is 1. The number of rotatable bonds is 5. The van der Waals surface area contributed by atoms with E-state index in [0.29, 0.717) is 12.2 Å². The SMILES string of the molecule is COCOc1c(Br)cc(C)cc1CC=O. The van der Waals surface area contributed by atoms with Crippen LogP contribution in [-0.4, -0.2) is 20.2 Å². The van der Waals surface area contributed by atoms with Gasteiger partial charge in [0.2, 0.25) is 0 Å². The van der Waals surface area contributed by atoms with Crippen molar-refractivity contribution in [1.82, 2.24) is 0 Å². The van der Waals surface area contributed by atoms with Gasteiger partial charge >= 0.3 is 0 Å². The molecule has 15 heavy (non-hydrogen) atoms. The first-order valence-corrected chi connectivity index (χ1v) is 5.32. The van der Waals surface area contributed by atoms with Crippen LogP contribution >= 0.6 is 15.9 Å². The molecule has 0 spiro atoms. The standard InChI is InChI=1S/C11H13BrO3/c1-8-5-9(3-4-13)11(10(12)6-8)15-7-14-2/h4-6H,3,7H2,1-2H3. The summed E-state index contributed by atoms with van der Waals surface area (Å²) in [5.74, 6) is 0.676. The molecule has 0 N–H and O–H groups in total. The van der Waals surface area contributed by atoms with Crippen molar-refractivity contribution in [1.29, 1.82) is 0 Å². The fraction of sp³-hybridized carbons (Fsp3) is 0.364. The number of methoxy groups -OCH3 is 1. The molecule has 0 bridgehead atoms. The first kappa shape index (κ1) is 12.2. The van der Waals surface area contributed by atoms with E-state index in [-0.39, 0.29) is 6.79 Å². The van der Waals surface area contributed by atoms with E-state index >= 15 is 0 Å². The van der Waals surface area contributed by atoms with Crippen molar-refractivity contribution in [3.63, 3.8) is 0 Å². The summed E-state index contributed by atoms with van der Waals surface area (Å²) in [5, 5.41) is 0. The Kier molecular flexibility index (Phi) is 4.78. The van der Waals surface area contributed by atoms with Crippen molar-refractivity contribution >= 4 is 22.2 Å². The minimum Gasteiger partial charge on any atom is -0.466 e. The Morgan fingerprint density at radius 3 is 2.80 bits per heavy atom. The lowest BCUT2D eigenvalue weighted by atomic mass is 10.1. The van der Waals surface area contributed by atoms with Gasteiger partial charge in [-0.15, -0.1) is 0 Å². The summed E-state index contributed by atoms with van der Waals surface area (Å²) < 4.78 is 11.1. The molecule has 3 nitrogen and oxygen atoms in total. The molecule has 0 saturated carbocycles. The van der Waals surface area contributed by atoms with Gasteiger partial charge in [-0.2, -0.15) is 0 Å². The van der Waals surface area contributed by atoms with E-state index in [1.165, 1.54) is 0 Å². The Balaban J connectivity index is 3.02. The predicted molar refractivity (Wildman–Crippen MR) is 61.2 cm³/mol. The Morgan fingerprint density at radius 1 is 1.47 bits per heavy atom. The molecule has 1 rings (SSSR count). The molecule has 0 aromatic heterocycles. The summed E-state index contributed by atoms with van der Waals surface area (Å²) in [6.45, 7) is 2.15. The van der Waals surface area contributed by atoms with Crippen molar-refractivity contribution in [2.45, 2.75) is 13.3 Å². The third-order valence-electron chi connectivity index (χ3n) is 1.89. The first-order chi connectivity index (χ1) is 7.19. The quantitative estimate of drug-likeness (QED) is 0.610. The third kappa shape index (κ3) is 3.32. The van der Waals surface area contributed by atoms with E-state index in [4.69, 9.17) is 9.47 Å². The molecule has 0 aliphatic heterocycles. The topological polar surface area (TPSA) is 35.5 Å². The Bertz CT molecular complexity index is 350. The van der Waals surface area contributed by atoms with E-state index in [1.807, 2.05) is 19.1 Å². The molecule has 0 unspecified atom stereocenters. The summed E-state index contributed by atoms with van der Waals surface area (Å²) in [6, 6.07) is 3.88. The van der Waals surface area contributed by atoms with Crippen LogP contribution in [0.4, 0.5) is 0 Å². The zero-order chi connectivity index (χ0) is 11.3. The molecule has 1 aromatic rings. The van der Waals surface area contributed by atoms with Crippen LogP contribution in [0.15, 0.2) is 16.6 Å². The highest BCUT2D eigenvalue weighted by molar-refractivity contribution is 9.10. The number of ether oxygens (including phenoxy) is 2. The molecule has 0 aliphatic rings. The Morgan fingerprint density at radius 2 is 2.20 bits per heavy atom. The Labute approximate surface area is 97.5 Å². The van der Waals surface area contributed by atoms with Crippen LogP contribution in [0.3, 0.4) is 0 Å². The summed E-state index contributed by atoms with van der Waals surface area (Å²) in [5.41, 5.74) is 1.96. The molecule has 0 aliphatic carbocycles. The van der Waals surface area contributed by atoms with Gasteiger partial charge in [-0.3, -0.25) is 0 Å². The van der Waals surface area contributed by atoms with Gasteiger partial charge in [0, 0.05) is 19.1 Å². The van der Waals surface area contributed by atoms with Gasteiger partial charge in [0.1, 0.15) is 12.0 Å². The van der Waals surface area contributed by atoms with Crippen LogP contribution in [0.5, 0.6) is 5.75 Å². The number of benzene rings is 1. The predicted octanol–water partition coefficient (Wildman–Crippen LogP) is 2.48. The average molecular weight is 273 g/mol. The fourth-order valence-corrected chi connectivity index (χ4v) is 2.05. The van der Waals surface area contributed by atoms with Crippen molar-refractivity contribution < 1.29 is 14.3 Å². The van der Waals surface area contributed by atoms with Crippen LogP contribution in [0, 0.1) is 6.92 Å².